The van der Waals surface area contributed by atoms with E-state index in [0.717, 1.165) is 19.2 Å². The van der Waals surface area contributed by atoms with Gasteiger partial charge in [0.25, 0.3) is 5.69 Å². The molecule has 5 atom stereocenters. The number of rotatable bonds is 7. The quantitative estimate of drug-likeness (QED) is 0.0916. The van der Waals surface area contributed by atoms with E-state index in [1.54, 1.807) is 27.7 Å². The minimum atomic E-state index is -1.38. The number of hydrogen-bond acceptors (Lipinski definition) is 13. The first kappa shape index (κ1) is 31.6. The lowest BCUT2D eigenvalue weighted by molar-refractivity contribution is -0.384. The first-order valence-electron chi connectivity index (χ1n) is 12.6. The Bertz CT molecular complexity index is 1270. The minimum Gasteiger partial charge on any atom is -0.479 e. The van der Waals surface area contributed by atoms with Gasteiger partial charge < -0.3 is 38.5 Å². The van der Waals surface area contributed by atoms with Gasteiger partial charge in [-0.3, -0.25) is 10.1 Å². The molecule has 1 aromatic rings. The van der Waals surface area contributed by atoms with Gasteiger partial charge in [0.2, 0.25) is 5.76 Å². The number of non-ortho nitro benzene ring substituents is 1. The maximum absolute atomic E-state index is 12.8. The Morgan fingerprint density at radius 1 is 1.17 bits per heavy atom. The summed E-state index contributed by atoms with van der Waals surface area (Å²) in [5.41, 5.74) is -0.996. The maximum atomic E-state index is 12.8. The fourth-order valence-corrected chi connectivity index (χ4v) is 3.99. The second-order valence-electron chi connectivity index (χ2n) is 10.2. The Balaban J connectivity index is 1.86. The van der Waals surface area contributed by atoms with E-state index in [-0.39, 0.29) is 29.6 Å². The number of amides is 1. The highest BCUT2D eigenvalue weighted by atomic mass is 16.8. The molecular formula is C26H31N3O13. The Kier molecular flexibility index (Phi) is 9.93. The lowest BCUT2D eigenvalue weighted by Crippen LogP contribution is -2.54. The number of cyclic esters (lactones) is 2. The van der Waals surface area contributed by atoms with Gasteiger partial charge >= 0.3 is 24.4 Å². The number of nitro benzene ring substituents is 1. The molecule has 0 bridgehead atoms. The summed E-state index contributed by atoms with van der Waals surface area (Å²) < 4.78 is 36.6. The van der Waals surface area contributed by atoms with Crippen molar-refractivity contribution in [1.82, 2.24) is 5.32 Å². The number of ether oxygens (including phenoxy) is 7. The number of methoxy groups -OCH3 is 1. The van der Waals surface area contributed by atoms with Gasteiger partial charge in [0.1, 0.15) is 29.9 Å². The molecule has 1 amide bonds. The molecule has 2 heterocycles. The zero-order valence-corrected chi connectivity index (χ0v) is 23.7. The van der Waals surface area contributed by atoms with E-state index < -0.39 is 65.2 Å². The zero-order chi connectivity index (χ0) is 31.2. The molecule has 1 fully saturated rings. The first-order chi connectivity index (χ1) is 19.7. The number of nitro groups is 1. The van der Waals surface area contributed by atoms with Crippen molar-refractivity contribution >= 4 is 35.9 Å². The van der Waals surface area contributed by atoms with Gasteiger partial charge in [0.05, 0.1) is 18.1 Å². The van der Waals surface area contributed by atoms with Crippen molar-refractivity contribution in [3.63, 3.8) is 0 Å². The molecule has 0 radical (unpaired) electrons. The number of esters is 1. The molecule has 1 N–H and O–H groups in total. The van der Waals surface area contributed by atoms with Crippen LogP contribution in [-0.2, 0) is 33.2 Å². The van der Waals surface area contributed by atoms with E-state index >= 15 is 0 Å². The summed E-state index contributed by atoms with van der Waals surface area (Å²) in [5.74, 6) is -1.66. The highest BCUT2D eigenvalue weighted by Gasteiger charge is 2.48. The van der Waals surface area contributed by atoms with Crippen LogP contribution < -0.4 is 10.1 Å². The molecule has 0 unspecified atom stereocenters. The van der Waals surface area contributed by atoms with Crippen LogP contribution in [0, 0.1) is 16.0 Å². The third-order valence-electron chi connectivity index (χ3n) is 5.88. The molecule has 2 aliphatic heterocycles. The Hall–Kier alpha value is -4.89. The van der Waals surface area contributed by atoms with Crippen LogP contribution in [0.15, 0.2) is 41.1 Å². The average molecular weight is 594 g/mol. The highest BCUT2D eigenvalue weighted by molar-refractivity contribution is 5.91. The molecule has 0 aliphatic carbocycles. The van der Waals surface area contributed by atoms with Gasteiger partial charge in [-0.1, -0.05) is 6.92 Å². The molecule has 1 saturated heterocycles. The standard InChI is InChI=1S/C26H31N3O13/c1-13-17(27-14(2)28-23(31)42-26(3,4)5)11-18(22(30)36-6)39-20(13)21(19-12-37-24(32)40-19)41-25(33)38-16-9-7-15(8-10-16)29(34)35/h7-11,13,17,19-21H,12H2,1-6H3,(H,27,28,31)/t13-,17+,19-,20-,21-/m1/s1. The molecule has 228 valence electrons. The van der Waals surface area contributed by atoms with E-state index in [0.29, 0.717) is 0 Å². The monoisotopic (exact) mass is 593 g/mol. The number of hydrogen-bond donors (Lipinski definition) is 1. The largest absolute Gasteiger partial charge is 0.514 e. The van der Waals surface area contributed by atoms with E-state index in [9.17, 15) is 29.3 Å². The minimum absolute atomic E-state index is 0.0645. The van der Waals surface area contributed by atoms with Crippen molar-refractivity contribution in [2.24, 2.45) is 10.9 Å². The van der Waals surface area contributed by atoms with Crippen LogP contribution in [0.2, 0.25) is 0 Å². The van der Waals surface area contributed by atoms with Gasteiger partial charge in [-0.15, -0.1) is 0 Å². The van der Waals surface area contributed by atoms with Crippen LogP contribution >= 0.6 is 0 Å². The van der Waals surface area contributed by atoms with Crippen LogP contribution in [0.25, 0.3) is 0 Å². The molecule has 1 aromatic carbocycles. The summed E-state index contributed by atoms with van der Waals surface area (Å²) in [6, 6.07) is 3.90. The first-order valence-corrected chi connectivity index (χ1v) is 12.6. The summed E-state index contributed by atoms with van der Waals surface area (Å²) in [4.78, 5) is 63.3. The third kappa shape index (κ3) is 8.55. The summed E-state index contributed by atoms with van der Waals surface area (Å²) in [5, 5.41) is 13.9. The van der Waals surface area contributed by atoms with Gasteiger partial charge in [-0.05, 0) is 45.9 Å². The lowest BCUT2D eigenvalue weighted by atomic mass is 9.87. The SMILES string of the molecule is COC(=O)C1=C[C@H](N/C(C)=N\C(=O)OC(C)(C)C)[C@@H](C)[C@H]([C@H](OC(=O)Oc2ccc([N+](=O)[O-])cc2)[C@H]2COC(=O)O2)O1. The normalized spacial score (nSPS) is 22.8. The van der Waals surface area contributed by atoms with Gasteiger partial charge in [-0.25, -0.2) is 19.2 Å². The number of carbonyl (C=O) groups excluding carboxylic acids is 4. The van der Waals surface area contributed by atoms with E-state index in [4.69, 9.17) is 33.2 Å². The molecule has 0 spiro atoms. The van der Waals surface area contributed by atoms with Crippen molar-refractivity contribution < 1.29 is 57.3 Å². The van der Waals surface area contributed by atoms with Gasteiger partial charge in [0, 0.05) is 18.1 Å². The predicted molar refractivity (Wildman–Crippen MR) is 141 cm³/mol. The number of aliphatic imine (C=N–C) groups is 1. The average Bonchev–Trinajstić information content (AvgIpc) is 3.33. The van der Waals surface area contributed by atoms with Crippen LogP contribution in [0.5, 0.6) is 5.75 Å². The number of nitrogens with one attached hydrogen (secondary N) is 1. The lowest BCUT2D eigenvalue weighted by Gasteiger charge is -2.39. The highest BCUT2D eigenvalue weighted by Crippen LogP contribution is 2.32. The zero-order valence-electron chi connectivity index (χ0n) is 23.7. The molecule has 2 aliphatic rings. The van der Waals surface area contributed by atoms with Crippen molar-refractivity contribution in [2.45, 2.75) is 64.6 Å². The molecule has 0 aromatic heterocycles. The Morgan fingerprint density at radius 3 is 2.38 bits per heavy atom. The van der Waals surface area contributed by atoms with E-state index in [1.165, 1.54) is 25.1 Å². The second kappa shape index (κ2) is 13.2. The summed E-state index contributed by atoms with van der Waals surface area (Å²) in [7, 11) is 1.14. The van der Waals surface area contributed by atoms with E-state index in [1.807, 2.05) is 0 Å². The second-order valence-corrected chi connectivity index (χ2v) is 10.2. The maximum Gasteiger partial charge on any atom is 0.514 e. The van der Waals surface area contributed by atoms with Crippen molar-refractivity contribution in [1.29, 1.82) is 0 Å². The summed E-state index contributed by atoms with van der Waals surface area (Å²) >= 11 is 0. The van der Waals surface area contributed by atoms with Crippen LogP contribution in [0.4, 0.5) is 20.1 Å². The van der Waals surface area contributed by atoms with Crippen LogP contribution in [-0.4, -0.2) is 78.8 Å². The number of carbonyl (C=O) groups is 4. The Morgan fingerprint density at radius 2 is 1.83 bits per heavy atom. The smallest absolute Gasteiger partial charge is 0.479 e. The third-order valence-corrected chi connectivity index (χ3v) is 5.88. The predicted octanol–water partition coefficient (Wildman–Crippen LogP) is 3.42. The molecule has 16 nitrogen and oxygen atoms in total. The Labute approximate surface area is 240 Å². The molecule has 3 rings (SSSR count). The van der Waals surface area contributed by atoms with Gasteiger partial charge in [-0.2, -0.15) is 4.99 Å². The van der Waals surface area contributed by atoms with Crippen molar-refractivity contribution in [3.8, 4) is 5.75 Å². The van der Waals surface area contributed by atoms with E-state index in [2.05, 4.69) is 10.3 Å². The number of benzene rings is 1. The fraction of sp³-hybridized carbons (Fsp3) is 0.500. The number of amidine groups is 1. The summed E-state index contributed by atoms with van der Waals surface area (Å²) in [6.45, 7) is 7.94. The topological polar surface area (TPSA) is 200 Å². The van der Waals surface area contributed by atoms with Crippen molar-refractivity contribution in [3.05, 3.63) is 46.2 Å². The molecular weight excluding hydrogens is 562 g/mol. The number of nitrogens with zero attached hydrogens (tertiary/aromatic N) is 2. The van der Waals surface area contributed by atoms with Crippen molar-refractivity contribution in [2.75, 3.05) is 13.7 Å². The van der Waals surface area contributed by atoms with Crippen LogP contribution in [0.3, 0.4) is 0 Å². The molecule has 42 heavy (non-hydrogen) atoms. The fourth-order valence-electron chi connectivity index (χ4n) is 3.99. The molecule has 16 heteroatoms. The summed E-state index contributed by atoms with van der Waals surface area (Å²) in [6.07, 6.45) is -5.40. The van der Waals surface area contributed by atoms with Crippen LogP contribution in [0.1, 0.15) is 34.6 Å². The van der Waals surface area contributed by atoms with Gasteiger partial charge in [0.15, 0.2) is 12.2 Å². The molecule has 0 saturated carbocycles.